The fourth-order valence-corrected chi connectivity index (χ4v) is 3.31. The maximum absolute atomic E-state index is 12.4. The topological polar surface area (TPSA) is 130 Å². The average molecular weight is 516 g/mol. The SMILES string of the molecule is CC(OS(=O)(=O)C(F)(F)F)C(OS(=O)(=O)C(F)(F)F)C(C)OS(=O)(=O)C(F)(F)F. The molecule has 0 radical (unpaired) electrons. The smallest absolute Gasteiger partial charge is 0.257 e. The molecule has 0 N–H and O–H groups in total. The fourth-order valence-electron chi connectivity index (χ4n) is 1.36. The summed E-state index contributed by atoms with van der Waals surface area (Å²) in [6.07, 6.45) is -9.12. The third-order valence-corrected chi connectivity index (χ3v) is 5.86. The van der Waals surface area contributed by atoms with Gasteiger partial charge in [-0.2, -0.15) is 64.8 Å². The van der Waals surface area contributed by atoms with E-state index in [0.717, 1.165) is 0 Å². The first-order valence-corrected chi connectivity index (χ1v) is 10.6. The molecule has 0 bridgehead atoms. The number of hydrogen-bond donors (Lipinski definition) is 0. The summed E-state index contributed by atoms with van der Waals surface area (Å²) in [5.74, 6) is 0. The van der Waals surface area contributed by atoms with Crippen molar-refractivity contribution in [2.24, 2.45) is 0 Å². The fraction of sp³-hybridized carbons (Fsp3) is 1.00. The molecule has 0 saturated heterocycles. The molecule has 2 unspecified atom stereocenters. The van der Waals surface area contributed by atoms with Crippen molar-refractivity contribution in [3.8, 4) is 0 Å². The molecular weight excluding hydrogens is 507 g/mol. The molecule has 0 aliphatic heterocycles. The van der Waals surface area contributed by atoms with Gasteiger partial charge in [0.15, 0.2) is 0 Å². The predicted molar refractivity (Wildman–Crippen MR) is 70.9 cm³/mol. The van der Waals surface area contributed by atoms with Gasteiger partial charge < -0.3 is 0 Å². The molecule has 2 atom stereocenters. The zero-order valence-electron chi connectivity index (χ0n) is 13.5. The second kappa shape index (κ2) is 8.32. The van der Waals surface area contributed by atoms with Gasteiger partial charge in [-0.25, -0.2) is 0 Å². The van der Waals surface area contributed by atoms with E-state index >= 15 is 0 Å². The molecule has 0 heterocycles. The Morgan fingerprint density at radius 3 is 0.931 bits per heavy atom. The summed E-state index contributed by atoms with van der Waals surface area (Å²) in [5.41, 5.74) is -18.6. The van der Waals surface area contributed by atoms with Gasteiger partial charge in [-0.05, 0) is 13.8 Å². The number of alkyl halides is 9. The number of hydrogen-bond acceptors (Lipinski definition) is 9. The summed E-state index contributed by atoms with van der Waals surface area (Å²) in [7, 11) is -20.0. The first-order chi connectivity index (χ1) is 12.4. The minimum Gasteiger partial charge on any atom is -0.257 e. The van der Waals surface area contributed by atoms with Crippen molar-refractivity contribution in [3.63, 3.8) is 0 Å². The maximum atomic E-state index is 12.4. The van der Waals surface area contributed by atoms with Crippen LogP contribution in [-0.4, -0.2) is 60.1 Å². The van der Waals surface area contributed by atoms with E-state index < -0.39 is 65.2 Å². The molecule has 0 aromatic rings. The number of halogens is 9. The molecule has 0 spiro atoms. The highest BCUT2D eigenvalue weighted by atomic mass is 32.2. The van der Waals surface area contributed by atoms with Crippen LogP contribution in [0.15, 0.2) is 0 Å². The van der Waals surface area contributed by atoms with Gasteiger partial charge in [0, 0.05) is 0 Å². The lowest BCUT2D eigenvalue weighted by atomic mass is 10.1. The Balaban J connectivity index is 6.10. The van der Waals surface area contributed by atoms with E-state index in [0.29, 0.717) is 0 Å². The van der Waals surface area contributed by atoms with Crippen LogP contribution in [0.3, 0.4) is 0 Å². The Morgan fingerprint density at radius 2 is 0.724 bits per heavy atom. The third kappa shape index (κ3) is 7.08. The molecule has 0 rings (SSSR count). The molecular formula is C8H9F9O9S3. The minimum absolute atomic E-state index is 0.139. The normalized spacial score (nSPS) is 18.3. The summed E-state index contributed by atoms with van der Waals surface area (Å²) in [6.45, 7) is 0.278. The van der Waals surface area contributed by atoms with Crippen LogP contribution in [0.4, 0.5) is 39.5 Å². The standard InChI is InChI=1S/C8H9F9O9S3/c1-3(24-27(18,19)6(9,10)11)5(26-29(22,23)8(15,16)17)4(2)25-28(20,21)7(12,13)14/h3-5H,1-2H3. The number of rotatable bonds is 8. The zero-order valence-corrected chi connectivity index (χ0v) is 16.0. The second-order valence-electron chi connectivity index (χ2n) is 4.86. The van der Waals surface area contributed by atoms with E-state index in [9.17, 15) is 64.8 Å². The Morgan fingerprint density at radius 1 is 0.517 bits per heavy atom. The van der Waals surface area contributed by atoms with Crippen LogP contribution < -0.4 is 0 Å². The summed E-state index contributed by atoms with van der Waals surface area (Å²) >= 11 is 0. The Labute approximate surface area is 157 Å². The largest absolute Gasteiger partial charge is 0.523 e. The van der Waals surface area contributed by atoms with E-state index in [1.165, 1.54) is 0 Å². The van der Waals surface area contributed by atoms with Crippen LogP contribution in [0.25, 0.3) is 0 Å². The second-order valence-corrected chi connectivity index (χ2v) is 9.55. The molecule has 0 aromatic heterocycles. The van der Waals surface area contributed by atoms with Crippen LogP contribution in [0.2, 0.25) is 0 Å². The van der Waals surface area contributed by atoms with Crippen LogP contribution in [0, 0.1) is 0 Å². The summed E-state index contributed by atoms with van der Waals surface area (Å²) in [4.78, 5) is 0. The molecule has 21 heteroatoms. The molecule has 29 heavy (non-hydrogen) atoms. The lowest BCUT2D eigenvalue weighted by Crippen LogP contribution is -2.47. The predicted octanol–water partition coefficient (Wildman–Crippen LogP) is 1.73. The molecule has 176 valence electrons. The van der Waals surface area contributed by atoms with Crippen LogP contribution in [-0.2, 0) is 42.9 Å². The van der Waals surface area contributed by atoms with E-state index in [4.69, 9.17) is 0 Å². The van der Waals surface area contributed by atoms with Crippen LogP contribution >= 0.6 is 0 Å². The van der Waals surface area contributed by atoms with Crippen molar-refractivity contribution >= 4 is 30.4 Å². The van der Waals surface area contributed by atoms with Crippen molar-refractivity contribution in [2.75, 3.05) is 0 Å². The zero-order chi connectivity index (χ0) is 23.9. The monoisotopic (exact) mass is 516 g/mol. The molecule has 0 saturated carbocycles. The van der Waals surface area contributed by atoms with Gasteiger partial charge in [0.25, 0.3) is 0 Å². The molecule has 0 amide bonds. The first-order valence-electron chi connectivity index (χ1n) is 6.34. The quantitative estimate of drug-likeness (QED) is 0.269. The minimum atomic E-state index is -6.78. The summed E-state index contributed by atoms with van der Waals surface area (Å²) in [6, 6.07) is 0. The van der Waals surface area contributed by atoms with Gasteiger partial charge >= 0.3 is 46.9 Å². The van der Waals surface area contributed by atoms with E-state index in [-0.39, 0.29) is 13.8 Å². The van der Waals surface area contributed by atoms with Gasteiger partial charge in [0.2, 0.25) is 0 Å². The lowest BCUT2D eigenvalue weighted by Gasteiger charge is -2.28. The highest BCUT2D eigenvalue weighted by Crippen LogP contribution is 2.33. The molecule has 0 aliphatic rings. The molecule has 9 nitrogen and oxygen atoms in total. The summed E-state index contributed by atoms with van der Waals surface area (Å²) < 4.78 is 187. The molecule has 0 aromatic carbocycles. The highest BCUT2D eigenvalue weighted by molar-refractivity contribution is 7.88. The van der Waals surface area contributed by atoms with Crippen molar-refractivity contribution in [3.05, 3.63) is 0 Å². The molecule has 0 fully saturated rings. The van der Waals surface area contributed by atoms with Crippen LogP contribution in [0.5, 0.6) is 0 Å². The Bertz CT molecular complexity index is 831. The first kappa shape index (κ1) is 28.1. The van der Waals surface area contributed by atoms with Crippen molar-refractivity contribution < 1.29 is 77.3 Å². The van der Waals surface area contributed by atoms with Gasteiger partial charge in [-0.1, -0.05) is 0 Å². The van der Waals surface area contributed by atoms with Gasteiger partial charge in [0.1, 0.15) is 18.3 Å². The summed E-state index contributed by atoms with van der Waals surface area (Å²) in [5, 5.41) is 0. The Hall–Kier alpha value is -0.900. The van der Waals surface area contributed by atoms with Crippen molar-refractivity contribution in [1.82, 2.24) is 0 Å². The van der Waals surface area contributed by atoms with Crippen LogP contribution in [0.1, 0.15) is 13.8 Å². The van der Waals surface area contributed by atoms with E-state index in [1.807, 2.05) is 0 Å². The van der Waals surface area contributed by atoms with Gasteiger partial charge in [0.05, 0.1) is 0 Å². The lowest BCUT2D eigenvalue weighted by molar-refractivity contribution is -0.0846. The third-order valence-electron chi connectivity index (χ3n) is 2.57. The van der Waals surface area contributed by atoms with Gasteiger partial charge in [-0.3, -0.25) is 12.5 Å². The van der Waals surface area contributed by atoms with E-state index in [2.05, 4.69) is 12.5 Å². The Kier molecular flexibility index (Phi) is 8.06. The highest BCUT2D eigenvalue weighted by Gasteiger charge is 2.55. The van der Waals surface area contributed by atoms with E-state index in [1.54, 1.807) is 0 Å². The van der Waals surface area contributed by atoms with Crippen molar-refractivity contribution in [2.45, 2.75) is 48.7 Å². The maximum Gasteiger partial charge on any atom is 0.523 e. The van der Waals surface area contributed by atoms with Gasteiger partial charge in [-0.15, -0.1) is 0 Å². The average Bonchev–Trinajstić information content (AvgIpc) is 2.39. The molecule has 0 aliphatic carbocycles. The van der Waals surface area contributed by atoms with Crippen molar-refractivity contribution in [1.29, 1.82) is 0 Å².